The Labute approximate surface area is 136 Å². The van der Waals surface area contributed by atoms with Gasteiger partial charge in [-0.05, 0) is 42.9 Å². The van der Waals surface area contributed by atoms with Crippen LogP contribution in [0.5, 0.6) is 5.75 Å². The highest BCUT2D eigenvalue weighted by Gasteiger charge is 2.42. The molecule has 1 aliphatic heterocycles. The molecule has 2 fully saturated rings. The van der Waals surface area contributed by atoms with Crippen LogP contribution in [0, 0.1) is 11.8 Å². The predicted molar refractivity (Wildman–Crippen MR) is 85.3 cm³/mol. The SMILES string of the molecule is COc1cc(C(=O)N2CC3CCC(N)C3C2)ccc1Cl.Cl. The van der Waals surface area contributed by atoms with E-state index >= 15 is 0 Å². The number of methoxy groups -OCH3 is 1. The van der Waals surface area contributed by atoms with Crippen LogP contribution in [-0.4, -0.2) is 37.0 Å². The van der Waals surface area contributed by atoms with Crippen molar-refractivity contribution in [1.29, 1.82) is 0 Å². The van der Waals surface area contributed by atoms with E-state index in [1.807, 2.05) is 4.90 Å². The van der Waals surface area contributed by atoms with Gasteiger partial charge >= 0.3 is 0 Å². The van der Waals surface area contributed by atoms with Crippen molar-refractivity contribution < 1.29 is 9.53 Å². The molecular formula is C15H20Cl2N2O2. The highest BCUT2D eigenvalue weighted by molar-refractivity contribution is 6.32. The minimum Gasteiger partial charge on any atom is -0.495 e. The molecular weight excluding hydrogens is 311 g/mol. The molecule has 21 heavy (non-hydrogen) atoms. The summed E-state index contributed by atoms with van der Waals surface area (Å²) in [6.45, 7) is 1.59. The standard InChI is InChI=1S/C15H19ClN2O2.ClH/c1-20-14-6-9(2-4-12(14)16)15(19)18-7-10-3-5-13(17)11(10)8-18;/h2,4,6,10-11,13H,3,5,7-8,17H2,1H3;1H. The van der Waals surface area contributed by atoms with Crippen LogP contribution in [0.3, 0.4) is 0 Å². The van der Waals surface area contributed by atoms with Crippen LogP contribution in [0.15, 0.2) is 18.2 Å². The topological polar surface area (TPSA) is 55.6 Å². The summed E-state index contributed by atoms with van der Waals surface area (Å²) in [4.78, 5) is 14.5. The van der Waals surface area contributed by atoms with E-state index in [0.717, 1.165) is 25.9 Å². The van der Waals surface area contributed by atoms with Crippen LogP contribution >= 0.6 is 24.0 Å². The maximum Gasteiger partial charge on any atom is 0.254 e. The Morgan fingerprint density at radius 3 is 2.81 bits per heavy atom. The molecule has 1 aliphatic carbocycles. The Hall–Kier alpha value is -0.970. The number of likely N-dealkylation sites (tertiary alicyclic amines) is 1. The molecule has 1 saturated heterocycles. The van der Waals surface area contributed by atoms with Gasteiger partial charge in [0.15, 0.2) is 0 Å². The maximum absolute atomic E-state index is 12.6. The van der Waals surface area contributed by atoms with Crippen molar-refractivity contribution in [2.24, 2.45) is 17.6 Å². The molecule has 3 rings (SSSR count). The molecule has 6 heteroatoms. The van der Waals surface area contributed by atoms with E-state index in [4.69, 9.17) is 22.1 Å². The Morgan fingerprint density at radius 2 is 2.14 bits per heavy atom. The van der Waals surface area contributed by atoms with E-state index < -0.39 is 0 Å². The van der Waals surface area contributed by atoms with Gasteiger partial charge in [-0.2, -0.15) is 0 Å². The lowest BCUT2D eigenvalue weighted by Crippen LogP contribution is -2.33. The largest absolute Gasteiger partial charge is 0.495 e. The van der Waals surface area contributed by atoms with Crippen LogP contribution in [0.1, 0.15) is 23.2 Å². The second-order valence-electron chi connectivity index (χ2n) is 5.72. The highest BCUT2D eigenvalue weighted by atomic mass is 35.5. The maximum atomic E-state index is 12.6. The van der Waals surface area contributed by atoms with Gasteiger partial charge in [-0.1, -0.05) is 11.6 Å². The summed E-state index contributed by atoms with van der Waals surface area (Å²) in [5.74, 6) is 1.62. The van der Waals surface area contributed by atoms with Crippen LogP contribution in [-0.2, 0) is 0 Å². The lowest BCUT2D eigenvalue weighted by molar-refractivity contribution is 0.0779. The summed E-state index contributed by atoms with van der Waals surface area (Å²) in [7, 11) is 1.55. The Morgan fingerprint density at radius 1 is 1.38 bits per heavy atom. The zero-order chi connectivity index (χ0) is 14.3. The van der Waals surface area contributed by atoms with Gasteiger partial charge in [0.1, 0.15) is 5.75 Å². The first kappa shape index (κ1) is 16.4. The molecule has 1 aromatic rings. The van der Waals surface area contributed by atoms with Crippen molar-refractivity contribution in [2.75, 3.05) is 20.2 Å². The predicted octanol–water partition coefficient (Wildman–Crippen LogP) is 2.58. The van der Waals surface area contributed by atoms with Crippen molar-refractivity contribution in [3.05, 3.63) is 28.8 Å². The summed E-state index contributed by atoms with van der Waals surface area (Å²) in [5.41, 5.74) is 6.74. The number of halogens is 2. The summed E-state index contributed by atoms with van der Waals surface area (Å²) in [5, 5.41) is 0.518. The van der Waals surface area contributed by atoms with Crippen molar-refractivity contribution in [3.63, 3.8) is 0 Å². The monoisotopic (exact) mass is 330 g/mol. The third kappa shape index (κ3) is 2.98. The number of benzene rings is 1. The van der Waals surface area contributed by atoms with Crippen molar-refractivity contribution in [1.82, 2.24) is 4.90 Å². The van der Waals surface area contributed by atoms with E-state index in [1.165, 1.54) is 0 Å². The fraction of sp³-hybridized carbons (Fsp3) is 0.533. The van der Waals surface area contributed by atoms with Gasteiger partial charge in [0, 0.05) is 24.7 Å². The van der Waals surface area contributed by atoms with Crippen LogP contribution < -0.4 is 10.5 Å². The van der Waals surface area contributed by atoms with Gasteiger partial charge in [0.2, 0.25) is 0 Å². The number of rotatable bonds is 2. The minimum atomic E-state index is 0. The van der Waals surface area contributed by atoms with Crippen LogP contribution in [0.25, 0.3) is 0 Å². The summed E-state index contributed by atoms with van der Waals surface area (Å²) >= 11 is 5.99. The molecule has 1 aromatic carbocycles. The molecule has 4 nitrogen and oxygen atoms in total. The van der Waals surface area contributed by atoms with E-state index in [2.05, 4.69) is 0 Å². The molecule has 0 bridgehead atoms. The van der Waals surface area contributed by atoms with Crippen LogP contribution in [0.2, 0.25) is 5.02 Å². The second kappa shape index (κ2) is 6.42. The zero-order valence-corrected chi connectivity index (χ0v) is 13.5. The molecule has 2 aliphatic rings. The van der Waals surface area contributed by atoms with Gasteiger partial charge in [-0.3, -0.25) is 4.79 Å². The third-order valence-electron chi connectivity index (χ3n) is 4.60. The van der Waals surface area contributed by atoms with Crippen molar-refractivity contribution in [2.45, 2.75) is 18.9 Å². The number of carbonyl (C=O) groups excluding carboxylic acids is 1. The van der Waals surface area contributed by atoms with Gasteiger partial charge in [0.25, 0.3) is 5.91 Å². The molecule has 0 radical (unpaired) electrons. The summed E-state index contributed by atoms with van der Waals surface area (Å²) in [6.07, 6.45) is 2.23. The zero-order valence-electron chi connectivity index (χ0n) is 11.9. The lowest BCUT2D eigenvalue weighted by atomic mass is 9.98. The van der Waals surface area contributed by atoms with Gasteiger partial charge in [0.05, 0.1) is 12.1 Å². The van der Waals surface area contributed by atoms with Crippen molar-refractivity contribution in [3.8, 4) is 5.75 Å². The number of amides is 1. The number of carbonyl (C=O) groups is 1. The van der Waals surface area contributed by atoms with Gasteiger partial charge in [-0.15, -0.1) is 12.4 Å². The summed E-state index contributed by atoms with van der Waals surface area (Å²) < 4.78 is 5.17. The second-order valence-corrected chi connectivity index (χ2v) is 6.13. The normalized spacial score (nSPS) is 27.2. The fourth-order valence-corrected chi connectivity index (χ4v) is 3.64. The lowest BCUT2D eigenvalue weighted by Gasteiger charge is -2.19. The quantitative estimate of drug-likeness (QED) is 0.906. The van der Waals surface area contributed by atoms with E-state index in [0.29, 0.717) is 28.2 Å². The average molecular weight is 331 g/mol. The molecule has 116 valence electrons. The van der Waals surface area contributed by atoms with E-state index in [9.17, 15) is 4.79 Å². The van der Waals surface area contributed by atoms with E-state index in [1.54, 1.807) is 25.3 Å². The van der Waals surface area contributed by atoms with Gasteiger partial charge < -0.3 is 15.4 Å². The molecule has 1 amide bonds. The number of nitrogens with zero attached hydrogens (tertiary/aromatic N) is 1. The molecule has 3 unspecified atom stereocenters. The molecule has 3 atom stereocenters. The third-order valence-corrected chi connectivity index (χ3v) is 4.91. The molecule has 2 N–H and O–H groups in total. The average Bonchev–Trinajstić information content (AvgIpc) is 3.01. The number of fused-ring (bicyclic) bond motifs is 1. The molecule has 0 spiro atoms. The molecule has 1 heterocycles. The first-order valence-corrected chi connectivity index (χ1v) is 7.36. The molecule has 1 saturated carbocycles. The smallest absolute Gasteiger partial charge is 0.254 e. The number of hydrogen-bond acceptors (Lipinski definition) is 3. The Kier molecular flexibility index (Phi) is 5.02. The Bertz CT molecular complexity index is 538. The van der Waals surface area contributed by atoms with E-state index in [-0.39, 0.29) is 24.4 Å². The first-order valence-electron chi connectivity index (χ1n) is 6.98. The number of ether oxygens (including phenoxy) is 1. The van der Waals surface area contributed by atoms with Crippen LogP contribution in [0.4, 0.5) is 0 Å². The molecule has 0 aromatic heterocycles. The summed E-state index contributed by atoms with van der Waals surface area (Å²) in [6, 6.07) is 5.41. The highest BCUT2D eigenvalue weighted by Crippen LogP contribution is 2.38. The van der Waals surface area contributed by atoms with Gasteiger partial charge in [-0.25, -0.2) is 0 Å². The number of hydrogen-bond donors (Lipinski definition) is 1. The first-order chi connectivity index (χ1) is 9.60. The number of nitrogens with two attached hydrogens (primary N) is 1. The van der Waals surface area contributed by atoms with Crippen molar-refractivity contribution >= 4 is 29.9 Å². The Balaban J connectivity index is 0.00000161. The fourth-order valence-electron chi connectivity index (χ4n) is 3.45. The minimum absolute atomic E-state index is 0.